The first-order valence-electron chi connectivity index (χ1n) is 12.0. The fourth-order valence-corrected chi connectivity index (χ4v) is 4.01. The molecule has 2 N–H and O–H groups in total. The van der Waals surface area contributed by atoms with Gasteiger partial charge < -0.3 is 25.0 Å². The molecule has 1 amide bonds. The number of fused-ring (bicyclic) bond motifs is 1. The first-order chi connectivity index (χ1) is 16.3. The number of rotatable bonds is 9. The van der Waals surface area contributed by atoms with Crippen LogP contribution in [0.15, 0.2) is 34.4 Å². The lowest BCUT2D eigenvalue weighted by atomic mass is 9.97. The monoisotopic (exact) mass is 466 g/mol. The Morgan fingerprint density at radius 1 is 1.35 bits per heavy atom. The van der Waals surface area contributed by atoms with Crippen LogP contribution in [0.2, 0.25) is 0 Å². The van der Waals surface area contributed by atoms with Crippen molar-refractivity contribution >= 4 is 35.9 Å². The van der Waals surface area contributed by atoms with Gasteiger partial charge in [0.1, 0.15) is 17.3 Å². The van der Waals surface area contributed by atoms with Crippen molar-refractivity contribution in [3.63, 3.8) is 0 Å². The van der Waals surface area contributed by atoms with E-state index in [0.29, 0.717) is 29.9 Å². The number of aliphatic imine (C=N–C) groups is 2. The van der Waals surface area contributed by atoms with Gasteiger partial charge in [-0.3, -0.25) is 4.79 Å². The number of carbonyl (C=O) groups excluding carboxylic acids is 1. The lowest BCUT2D eigenvalue weighted by Gasteiger charge is -2.31. The Bertz CT molecular complexity index is 1030. The zero-order chi connectivity index (χ0) is 24.8. The predicted octanol–water partition coefficient (Wildman–Crippen LogP) is 3.71. The van der Waals surface area contributed by atoms with Gasteiger partial charge >= 0.3 is 0 Å². The number of carbonyl (C=O) groups is 1. The van der Waals surface area contributed by atoms with Crippen molar-refractivity contribution in [3.05, 3.63) is 35.7 Å². The topological polar surface area (TPSA) is 90.1 Å². The minimum Gasteiger partial charge on any atom is -0.372 e. The molecule has 34 heavy (non-hydrogen) atoms. The molecule has 2 aromatic rings. The summed E-state index contributed by atoms with van der Waals surface area (Å²) in [6.45, 7) is 15.7. The standard InChI is InChI=1S/C25H38N8O/c1-8-17(3)21-16-28-24(34)20-14-18(4)23(33(20)21)30-25(26-5)29-22-11-10-19(15-27-22)32(7)13-12-31(6)9-2/h10-11,14-15,17,21H,5,8-9,12-13,16H2,1-4,6-7H3,(H,28,34)(H,27,29,30)/t17?,21-/m1/s1. The summed E-state index contributed by atoms with van der Waals surface area (Å²) in [5.74, 6) is 2.01. The molecule has 9 heteroatoms. The molecular formula is C25H38N8O. The molecule has 1 aliphatic heterocycles. The van der Waals surface area contributed by atoms with Crippen LogP contribution >= 0.6 is 0 Å². The molecule has 2 atom stereocenters. The van der Waals surface area contributed by atoms with Crippen molar-refractivity contribution < 1.29 is 4.79 Å². The number of amides is 1. The molecule has 0 aliphatic carbocycles. The van der Waals surface area contributed by atoms with Crippen LogP contribution in [0.25, 0.3) is 0 Å². The maximum atomic E-state index is 12.5. The second-order valence-electron chi connectivity index (χ2n) is 9.01. The van der Waals surface area contributed by atoms with E-state index < -0.39 is 0 Å². The van der Waals surface area contributed by atoms with E-state index in [1.54, 1.807) is 0 Å². The molecule has 184 valence electrons. The number of hydrogen-bond donors (Lipinski definition) is 2. The number of anilines is 2. The Labute approximate surface area is 203 Å². The lowest BCUT2D eigenvalue weighted by Crippen LogP contribution is -2.41. The average Bonchev–Trinajstić information content (AvgIpc) is 3.18. The Balaban J connectivity index is 1.82. The van der Waals surface area contributed by atoms with Crippen LogP contribution < -0.4 is 15.5 Å². The highest BCUT2D eigenvalue weighted by Gasteiger charge is 2.31. The molecule has 3 rings (SSSR count). The van der Waals surface area contributed by atoms with Gasteiger partial charge in [-0.1, -0.05) is 27.2 Å². The normalized spacial score (nSPS) is 16.7. The molecule has 0 aromatic carbocycles. The first kappa shape index (κ1) is 25.4. The second-order valence-corrected chi connectivity index (χ2v) is 9.01. The van der Waals surface area contributed by atoms with Crippen LogP contribution in [0, 0.1) is 12.8 Å². The number of aromatic nitrogens is 2. The third-order valence-corrected chi connectivity index (χ3v) is 6.68. The summed E-state index contributed by atoms with van der Waals surface area (Å²) in [7, 11) is 4.18. The Morgan fingerprint density at radius 2 is 2.12 bits per heavy atom. The predicted molar refractivity (Wildman–Crippen MR) is 141 cm³/mol. The van der Waals surface area contributed by atoms with Gasteiger partial charge in [0.2, 0.25) is 5.96 Å². The molecule has 1 unspecified atom stereocenters. The number of nitrogens with one attached hydrogen (secondary N) is 2. The molecule has 0 bridgehead atoms. The van der Waals surface area contributed by atoms with Crippen molar-refractivity contribution in [1.82, 2.24) is 19.8 Å². The van der Waals surface area contributed by atoms with Gasteiger partial charge in [-0.2, -0.15) is 4.99 Å². The van der Waals surface area contributed by atoms with Gasteiger partial charge in [0, 0.05) is 26.7 Å². The van der Waals surface area contributed by atoms with Crippen molar-refractivity contribution in [2.45, 2.75) is 40.2 Å². The van der Waals surface area contributed by atoms with E-state index in [1.807, 2.05) is 35.9 Å². The van der Waals surface area contributed by atoms with E-state index in [-0.39, 0.29) is 11.9 Å². The van der Waals surface area contributed by atoms with E-state index in [2.05, 4.69) is 72.0 Å². The maximum absolute atomic E-state index is 12.5. The maximum Gasteiger partial charge on any atom is 0.268 e. The van der Waals surface area contributed by atoms with Crippen LogP contribution in [0.4, 0.5) is 17.3 Å². The fraction of sp³-hybridized carbons (Fsp3) is 0.520. The smallest absolute Gasteiger partial charge is 0.268 e. The van der Waals surface area contributed by atoms with Crippen molar-refractivity contribution in [2.24, 2.45) is 15.9 Å². The molecule has 2 aromatic heterocycles. The first-order valence-corrected chi connectivity index (χ1v) is 12.0. The zero-order valence-electron chi connectivity index (χ0n) is 21.3. The van der Waals surface area contributed by atoms with Gasteiger partial charge in [0.25, 0.3) is 5.91 Å². The van der Waals surface area contributed by atoms with E-state index in [0.717, 1.165) is 43.1 Å². The quantitative estimate of drug-likeness (QED) is 0.434. The molecule has 0 fully saturated rings. The van der Waals surface area contributed by atoms with Crippen LogP contribution in [0.5, 0.6) is 0 Å². The molecule has 0 spiro atoms. The summed E-state index contributed by atoms with van der Waals surface area (Å²) in [5, 5.41) is 6.17. The van der Waals surface area contributed by atoms with Crippen LogP contribution in [-0.4, -0.2) is 73.3 Å². The summed E-state index contributed by atoms with van der Waals surface area (Å²) >= 11 is 0. The number of guanidine groups is 1. The van der Waals surface area contributed by atoms with Crippen molar-refractivity contribution in [1.29, 1.82) is 0 Å². The third kappa shape index (κ3) is 5.64. The third-order valence-electron chi connectivity index (χ3n) is 6.68. The van der Waals surface area contributed by atoms with E-state index >= 15 is 0 Å². The Kier molecular flexibility index (Phi) is 8.44. The average molecular weight is 467 g/mol. The Morgan fingerprint density at radius 3 is 2.74 bits per heavy atom. The highest BCUT2D eigenvalue weighted by Crippen LogP contribution is 2.35. The number of nitrogens with zero attached hydrogens (tertiary/aromatic N) is 6. The van der Waals surface area contributed by atoms with E-state index in [1.165, 1.54) is 0 Å². The minimum absolute atomic E-state index is 0.0725. The summed E-state index contributed by atoms with van der Waals surface area (Å²) in [4.78, 5) is 30.3. The molecule has 0 radical (unpaired) electrons. The number of pyridine rings is 1. The Hall–Kier alpha value is -3.20. The number of aryl methyl sites for hydroxylation is 1. The van der Waals surface area contributed by atoms with Gasteiger partial charge in [-0.15, -0.1) is 0 Å². The zero-order valence-corrected chi connectivity index (χ0v) is 21.3. The van der Waals surface area contributed by atoms with Crippen LogP contribution in [0.3, 0.4) is 0 Å². The minimum atomic E-state index is -0.0725. The van der Waals surface area contributed by atoms with Crippen LogP contribution in [-0.2, 0) is 0 Å². The second kappa shape index (κ2) is 11.3. The molecular weight excluding hydrogens is 428 g/mol. The van der Waals surface area contributed by atoms with E-state index in [9.17, 15) is 4.79 Å². The molecule has 3 heterocycles. The molecule has 0 saturated heterocycles. The fourth-order valence-electron chi connectivity index (χ4n) is 4.01. The summed E-state index contributed by atoms with van der Waals surface area (Å²) in [6, 6.07) is 5.96. The van der Waals surface area contributed by atoms with Gasteiger partial charge in [-0.25, -0.2) is 9.98 Å². The molecule has 9 nitrogen and oxygen atoms in total. The summed E-state index contributed by atoms with van der Waals surface area (Å²) in [6.07, 6.45) is 2.84. The summed E-state index contributed by atoms with van der Waals surface area (Å²) in [5.41, 5.74) is 2.60. The SMILES string of the molecule is C=NC(=Nc1c(C)cc2n1[C@@H](C(C)CC)CNC2=O)Nc1ccc(N(C)CCN(C)CC)cn1. The van der Waals surface area contributed by atoms with Crippen molar-refractivity contribution in [2.75, 3.05) is 50.5 Å². The van der Waals surface area contributed by atoms with E-state index in [4.69, 9.17) is 4.99 Å². The number of likely N-dealkylation sites (N-methyl/N-ethyl adjacent to an activating group) is 2. The number of hydrogen-bond acceptors (Lipinski definition) is 5. The largest absolute Gasteiger partial charge is 0.372 e. The molecule has 0 saturated carbocycles. The lowest BCUT2D eigenvalue weighted by molar-refractivity contribution is 0.0903. The van der Waals surface area contributed by atoms with Gasteiger partial charge in [0.05, 0.1) is 17.9 Å². The van der Waals surface area contributed by atoms with Gasteiger partial charge in [-0.05, 0) is 56.9 Å². The van der Waals surface area contributed by atoms with Crippen LogP contribution in [0.1, 0.15) is 49.3 Å². The highest BCUT2D eigenvalue weighted by molar-refractivity contribution is 5.98. The summed E-state index contributed by atoms with van der Waals surface area (Å²) < 4.78 is 2.05. The molecule has 1 aliphatic rings. The van der Waals surface area contributed by atoms with Crippen molar-refractivity contribution in [3.8, 4) is 0 Å². The van der Waals surface area contributed by atoms with Gasteiger partial charge in [0.15, 0.2) is 0 Å². The highest BCUT2D eigenvalue weighted by atomic mass is 16.2.